The van der Waals surface area contributed by atoms with E-state index in [0.717, 1.165) is 18.3 Å². The summed E-state index contributed by atoms with van der Waals surface area (Å²) < 4.78 is 0. The Morgan fingerprint density at radius 3 is 3.00 bits per heavy atom. The van der Waals surface area contributed by atoms with Gasteiger partial charge in [0.25, 0.3) is 0 Å². The first-order valence-corrected chi connectivity index (χ1v) is 5.01. The van der Waals surface area contributed by atoms with Crippen molar-refractivity contribution in [2.75, 3.05) is 6.67 Å². The van der Waals surface area contributed by atoms with E-state index < -0.39 is 0 Å². The summed E-state index contributed by atoms with van der Waals surface area (Å²) in [4.78, 5) is 0. The quantitative estimate of drug-likeness (QED) is 0.711. The van der Waals surface area contributed by atoms with E-state index in [0.29, 0.717) is 0 Å². The molecule has 0 aromatic heterocycles. The van der Waals surface area contributed by atoms with Crippen molar-refractivity contribution in [2.24, 2.45) is 0 Å². The molecule has 0 saturated carbocycles. The van der Waals surface area contributed by atoms with E-state index in [-0.39, 0.29) is 0 Å². The molecule has 1 aromatic rings. The molecule has 0 spiro atoms. The predicted octanol–water partition coefficient (Wildman–Crippen LogP) is 1.15. The van der Waals surface area contributed by atoms with Crippen LogP contribution in [0.2, 0.25) is 0 Å². The van der Waals surface area contributed by atoms with E-state index in [1.165, 1.54) is 11.1 Å². The van der Waals surface area contributed by atoms with Crippen LogP contribution in [0.15, 0.2) is 24.3 Å². The minimum absolute atomic E-state index is 0.727. The number of benzene rings is 1. The lowest BCUT2D eigenvalue weighted by Gasteiger charge is -2.16. The molecule has 1 aromatic carbocycles. The molecule has 0 atom stereocenters. The Bertz CT molecular complexity index is 351. The van der Waals surface area contributed by atoms with Gasteiger partial charge in [-0.15, -0.1) is 0 Å². The second-order valence-electron chi connectivity index (χ2n) is 3.39. The first-order chi connectivity index (χ1) is 6.75. The zero-order chi connectivity index (χ0) is 9.97. The number of hydrazine groups is 1. The molecule has 1 heterocycles. The van der Waals surface area contributed by atoms with Crippen molar-refractivity contribution in [1.82, 2.24) is 15.8 Å². The molecule has 14 heavy (non-hydrogen) atoms. The number of aryl methyl sites for hydroxylation is 1. The van der Waals surface area contributed by atoms with Gasteiger partial charge in [0.2, 0.25) is 0 Å². The Morgan fingerprint density at radius 2 is 2.36 bits per heavy atom. The summed E-state index contributed by atoms with van der Waals surface area (Å²) in [5.74, 6) is 0. The second-order valence-corrected chi connectivity index (χ2v) is 3.78. The molecule has 3 nitrogen and oxygen atoms in total. The van der Waals surface area contributed by atoms with Crippen LogP contribution >= 0.6 is 12.2 Å². The molecule has 74 valence electrons. The molecule has 1 saturated heterocycles. The summed E-state index contributed by atoms with van der Waals surface area (Å²) >= 11 is 5.12. The van der Waals surface area contributed by atoms with E-state index in [1.54, 1.807) is 0 Å². The summed E-state index contributed by atoms with van der Waals surface area (Å²) in [5, 5.41) is 5.77. The lowest BCUT2D eigenvalue weighted by Crippen LogP contribution is -2.33. The first kappa shape index (κ1) is 9.43. The van der Waals surface area contributed by atoms with Gasteiger partial charge in [-0.2, -0.15) is 0 Å². The van der Waals surface area contributed by atoms with E-state index in [2.05, 4.69) is 41.9 Å². The van der Waals surface area contributed by atoms with Crippen LogP contribution in [0.3, 0.4) is 0 Å². The van der Waals surface area contributed by atoms with Gasteiger partial charge in [0.1, 0.15) is 0 Å². The molecule has 0 radical (unpaired) electrons. The summed E-state index contributed by atoms with van der Waals surface area (Å²) in [6.45, 7) is 3.63. The van der Waals surface area contributed by atoms with Gasteiger partial charge >= 0.3 is 0 Å². The molecule has 1 aliphatic heterocycles. The van der Waals surface area contributed by atoms with E-state index in [1.807, 2.05) is 5.01 Å². The number of nitrogens with one attached hydrogen (secondary N) is 2. The lowest BCUT2D eigenvalue weighted by atomic mass is 10.1. The maximum Gasteiger partial charge on any atom is 0.184 e. The molecule has 4 heteroatoms. The molecular formula is C10H13N3S. The molecule has 0 bridgehead atoms. The molecule has 1 aliphatic rings. The highest BCUT2D eigenvalue weighted by Crippen LogP contribution is 2.07. The molecule has 0 aliphatic carbocycles. The second kappa shape index (κ2) is 3.94. The SMILES string of the molecule is Cc1cccc(CN2NCNC2=S)c1. The van der Waals surface area contributed by atoms with E-state index in [9.17, 15) is 0 Å². The number of nitrogens with zero attached hydrogens (tertiary/aromatic N) is 1. The monoisotopic (exact) mass is 207 g/mol. The fourth-order valence-corrected chi connectivity index (χ4v) is 1.70. The highest BCUT2D eigenvalue weighted by Gasteiger charge is 2.14. The maximum atomic E-state index is 5.12. The van der Waals surface area contributed by atoms with Crippen LogP contribution in [0.1, 0.15) is 11.1 Å². The normalized spacial score (nSPS) is 15.8. The molecule has 1 fully saturated rings. The predicted molar refractivity (Wildman–Crippen MR) is 60.5 cm³/mol. The van der Waals surface area contributed by atoms with Crippen molar-refractivity contribution in [3.05, 3.63) is 35.4 Å². The van der Waals surface area contributed by atoms with Crippen molar-refractivity contribution in [3.8, 4) is 0 Å². The standard InChI is InChI=1S/C10H13N3S/c1-8-3-2-4-9(5-8)6-13-10(14)11-7-12-13/h2-5,12H,6-7H2,1H3,(H,11,14). The number of thiocarbonyl (C=S) groups is 1. The fourth-order valence-electron chi connectivity index (χ4n) is 1.50. The first-order valence-electron chi connectivity index (χ1n) is 4.60. The van der Waals surface area contributed by atoms with Gasteiger partial charge in [0.05, 0.1) is 13.2 Å². The summed E-state index contributed by atoms with van der Waals surface area (Å²) in [7, 11) is 0. The Balaban J connectivity index is 2.07. The van der Waals surface area contributed by atoms with Crippen LogP contribution in [-0.2, 0) is 6.54 Å². The van der Waals surface area contributed by atoms with Crippen molar-refractivity contribution >= 4 is 17.3 Å². The minimum Gasteiger partial charge on any atom is -0.347 e. The van der Waals surface area contributed by atoms with Crippen molar-refractivity contribution in [3.63, 3.8) is 0 Å². The van der Waals surface area contributed by atoms with Crippen LogP contribution in [0.4, 0.5) is 0 Å². The molecule has 0 amide bonds. The van der Waals surface area contributed by atoms with E-state index >= 15 is 0 Å². The maximum absolute atomic E-state index is 5.12. The van der Waals surface area contributed by atoms with Gasteiger partial charge in [-0.1, -0.05) is 29.8 Å². The van der Waals surface area contributed by atoms with Gasteiger partial charge in [0, 0.05) is 0 Å². The van der Waals surface area contributed by atoms with Crippen LogP contribution < -0.4 is 10.7 Å². The molecular weight excluding hydrogens is 194 g/mol. The zero-order valence-electron chi connectivity index (χ0n) is 8.08. The molecule has 0 unspecified atom stereocenters. The Hall–Kier alpha value is -1.13. The molecule has 2 rings (SSSR count). The number of rotatable bonds is 2. The summed E-state index contributed by atoms with van der Waals surface area (Å²) in [6.07, 6.45) is 0. The Labute approximate surface area is 89.1 Å². The molecule has 2 N–H and O–H groups in total. The minimum atomic E-state index is 0.727. The van der Waals surface area contributed by atoms with Gasteiger partial charge in [0.15, 0.2) is 5.11 Å². The zero-order valence-corrected chi connectivity index (χ0v) is 8.90. The van der Waals surface area contributed by atoms with Gasteiger partial charge in [-0.05, 0) is 24.7 Å². The average molecular weight is 207 g/mol. The van der Waals surface area contributed by atoms with Crippen molar-refractivity contribution in [2.45, 2.75) is 13.5 Å². The smallest absolute Gasteiger partial charge is 0.184 e. The van der Waals surface area contributed by atoms with Crippen LogP contribution in [0.5, 0.6) is 0 Å². The van der Waals surface area contributed by atoms with Crippen LogP contribution in [-0.4, -0.2) is 16.8 Å². The van der Waals surface area contributed by atoms with Crippen molar-refractivity contribution < 1.29 is 0 Å². The third-order valence-corrected chi connectivity index (χ3v) is 2.54. The van der Waals surface area contributed by atoms with E-state index in [4.69, 9.17) is 12.2 Å². The van der Waals surface area contributed by atoms with Gasteiger partial charge in [-0.3, -0.25) is 5.01 Å². The van der Waals surface area contributed by atoms with Gasteiger partial charge in [-0.25, -0.2) is 5.43 Å². The third kappa shape index (κ3) is 2.02. The summed E-state index contributed by atoms with van der Waals surface area (Å²) in [6, 6.07) is 8.44. The van der Waals surface area contributed by atoms with Gasteiger partial charge < -0.3 is 5.32 Å². The largest absolute Gasteiger partial charge is 0.347 e. The Kier molecular flexibility index (Phi) is 2.65. The number of hydrogen-bond donors (Lipinski definition) is 2. The van der Waals surface area contributed by atoms with Crippen molar-refractivity contribution in [1.29, 1.82) is 0 Å². The summed E-state index contributed by atoms with van der Waals surface area (Å²) in [5.41, 5.74) is 5.70. The topological polar surface area (TPSA) is 27.3 Å². The fraction of sp³-hybridized carbons (Fsp3) is 0.300. The third-order valence-electron chi connectivity index (χ3n) is 2.18. The Morgan fingerprint density at radius 1 is 1.50 bits per heavy atom. The number of hydrogen-bond acceptors (Lipinski definition) is 2. The lowest BCUT2D eigenvalue weighted by molar-refractivity contribution is 0.345. The van der Waals surface area contributed by atoms with Crippen LogP contribution in [0.25, 0.3) is 0 Å². The van der Waals surface area contributed by atoms with Crippen LogP contribution in [0, 0.1) is 6.92 Å². The average Bonchev–Trinajstić information content (AvgIpc) is 2.52. The highest BCUT2D eigenvalue weighted by molar-refractivity contribution is 7.80. The highest BCUT2D eigenvalue weighted by atomic mass is 32.1.